The first kappa shape index (κ1) is 10.5. The molecule has 0 aromatic carbocycles. The summed E-state index contributed by atoms with van der Waals surface area (Å²) in [6.45, 7) is 2.79. The number of carbonyl (C=O) groups excluding carboxylic acids is 1. The van der Waals surface area contributed by atoms with Crippen molar-refractivity contribution < 1.29 is 4.79 Å². The second-order valence-corrected chi connectivity index (χ2v) is 3.16. The normalized spacial score (nSPS) is 9.64. The van der Waals surface area contributed by atoms with Crippen LogP contribution in [0, 0.1) is 0 Å². The highest BCUT2D eigenvalue weighted by atomic mass is 16.2. The molecule has 1 amide bonds. The minimum Gasteiger partial charge on any atom is -0.370 e. The third kappa shape index (κ3) is 2.45. The number of hydrogen-bond donors (Lipinski definition) is 1. The lowest BCUT2D eigenvalue weighted by atomic mass is 10.2. The van der Waals surface area contributed by atoms with E-state index in [0.717, 1.165) is 12.4 Å². The first-order valence-corrected chi connectivity index (χ1v) is 4.56. The third-order valence-corrected chi connectivity index (χ3v) is 1.77. The van der Waals surface area contributed by atoms with Crippen molar-refractivity contribution in [2.45, 2.75) is 6.92 Å². The van der Waals surface area contributed by atoms with Crippen LogP contribution in [0.1, 0.15) is 17.3 Å². The summed E-state index contributed by atoms with van der Waals surface area (Å²) < 4.78 is 0. The molecule has 4 heteroatoms. The molecule has 0 aliphatic rings. The van der Waals surface area contributed by atoms with Crippen LogP contribution in [0.2, 0.25) is 0 Å². The van der Waals surface area contributed by atoms with Gasteiger partial charge in [-0.2, -0.15) is 0 Å². The van der Waals surface area contributed by atoms with Gasteiger partial charge in [-0.25, -0.2) is 4.98 Å². The fraction of sp³-hybridized carbons (Fsp3) is 0.400. The predicted octanol–water partition coefficient (Wildman–Crippen LogP) is 1.22. The summed E-state index contributed by atoms with van der Waals surface area (Å²) in [6, 6.07) is 3.47. The summed E-state index contributed by atoms with van der Waals surface area (Å²) in [4.78, 5) is 17.2. The van der Waals surface area contributed by atoms with Gasteiger partial charge < -0.3 is 10.2 Å². The SMILES string of the molecule is CCNc1cc(C(=O)N(C)C)ccn1. The minimum absolute atomic E-state index is 0.00782. The average molecular weight is 193 g/mol. The standard InChI is InChI=1S/C10H15N3O/c1-4-11-9-7-8(5-6-12-9)10(14)13(2)3/h5-7H,4H2,1-3H3,(H,11,12). The van der Waals surface area contributed by atoms with Gasteiger partial charge in [0.2, 0.25) is 0 Å². The molecule has 0 spiro atoms. The minimum atomic E-state index is -0.00782. The van der Waals surface area contributed by atoms with E-state index >= 15 is 0 Å². The predicted molar refractivity (Wildman–Crippen MR) is 56.4 cm³/mol. The third-order valence-electron chi connectivity index (χ3n) is 1.77. The topological polar surface area (TPSA) is 45.2 Å². The quantitative estimate of drug-likeness (QED) is 0.785. The van der Waals surface area contributed by atoms with Crippen molar-refractivity contribution in [3.8, 4) is 0 Å². The summed E-state index contributed by atoms with van der Waals surface area (Å²) in [7, 11) is 3.46. The summed E-state index contributed by atoms with van der Waals surface area (Å²) >= 11 is 0. The van der Waals surface area contributed by atoms with E-state index < -0.39 is 0 Å². The van der Waals surface area contributed by atoms with Crippen molar-refractivity contribution >= 4 is 11.7 Å². The maximum atomic E-state index is 11.6. The number of aromatic nitrogens is 1. The zero-order valence-electron chi connectivity index (χ0n) is 8.74. The van der Waals surface area contributed by atoms with Crippen LogP contribution in [-0.2, 0) is 0 Å². The van der Waals surface area contributed by atoms with E-state index in [4.69, 9.17) is 0 Å². The number of hydrogen-bond acceptors (Lipinski definition) is 3. The Kier molecular flexibility index (Phi) is 3.45. The van der Waals surface area contributed by atoms with E-state index in [2.05, 4.69) is 10.3 Å². The van der Waals surface area contributed by atoms with E-state index in [0.29, 0.717) is 5.56 Å². The zero-order valence-corrected chi connectivity index (χ0v) is 8.74. The van der Waals surface area contributed by atoms with Crippen molar-refractivity contribution in [2.24, 2.45) is 0 Å². The molecule has 0 unspecified atom stereocenters. The van der Waals surface area contributed by atoms with Gasteiger partial charge in [0, 0.05) is 32.4 Å². The monoisotopic (exact) mass is 193 g/mol. The lowest BCUT2D eigenvalue weighted by Crippen LogP contribution is -2.21. The molecule has 1 rings (SSSR count). The molecule has 1 N–H and O–H groups in total. The van der Waals surface area contributed by atoms with Crippen molar-refractivity contribution in [2.75, 3.05) is 26.0 Å². The molecule has 76 valence electrons. The number of carbonyl (C=O) groups is 1. The molecule has 0 atom stereocenters. The first-order chi connectivity index (χ1) is 6.65. The Morgan fingerprint density at radius 2 is 2.29 bits per heavy atom. The number of rotatable bonds is 3. The Morgan fingerprint density at radius 3 is 2.86 bits per heavy atom. The summed E-state index contributed by atoms with van der Waals surface area (Å²) in [6.07, 6.45) is 1.63. The fourth-order valence-electron chi connectivity index (χ4n) is 1.10. The molecule has 0 saturated heterocycles. The highest BCUT2D eigenvalue weighted by Gasteiger charge is 2.07. The second kappa shape index (κ2) is 4.60. The zero-order chi connectivity index (χ0) is 10.6. The molecule has 4 nitrogen and oxygen atoms in total. The van der Waals surface area contributed by atoms with Crippen LogP contribution in [0.25, 0.3) is 0 Å². The van der Waals surface area contributed by atoms with Crippen LogP contribution in [-0.4, -0.2) is 36.4 Å². The van der Waals surface area contributed by atoms with Gasteiger partial charge in [0.1, 0.15) is 5.82 Å². The largest absolute Gasteiger partial charge is 0.370 e. The van der Waals surface area contributed by atoms with Gasteiger partial charge in [0.15, 0.2) is 0 Å². The molecule has 0 aliphatic carbocycles. The number of nitrogens with zero attached hydrogens (tertiary/aromatic N) is 2. The summed E-state index contributed by atoms with van der Waals surface area (Å²) in [5, 5.41) is 3.06. The van der Waals surface area contributed by atoms with Gasteiger partial charge in [-0.05, 0) is 19.1 Å². The Bertz CT molecular complexity index is 323. The van der Waals surface area contributed by atoms with E-state index in [1.807, 2.05) is 6.92 Å². The Balaban J connectivity index is 2.88. The molecule has 0 saturated carbocycles. The van der Waals surface area contributed by atoms with Crippen molar-refractivity contribution in [3.63, 3.8) is 0 Å². The maximum absolute atomic E-state index is 11.6. The molecule has 0 radical (unpaired) electrons. The average Bonchev–Trinajstić information content (AvgIpc) is 2.17. The van der Waals surface area contributed by atoms with Crippen molar-refractivity contribution in [3.05, 3.63) is 23.9 Å². The maximum Gasteiger partial charge on any atom is 0.253 e. The molecule has 0 bridgehead atoms. The highest BCUT2D eigenvalue weighted by Crippen LogP contribution is 2.07. The van der Waals surface area contributed by atoms with Gasteiger partial charge in [-0.1, -0.05) is 0 Å². The van der Waals surface area contributed by atoms with E-state index in [1.165, 1.54) is 0 Å². The van der Waals surface area contributed by atoms with Crippen LogP contribution in [0.15, 0.2) is 18.3 Å². The number of pyridine rings is 1. The van der Waals surface area contributed by atoms with Crippen LogP contribution in [0.3, 0.4) is 0 Å². The molecular formula is C10H15N3O. The van der Waals surface area contributed by atoms with Crippen molar-refractivity contribution in [1.82, 2.24) is 9.88 Å². The van der Waals surface area contributed by atoms with Gasteiger partial charge in [-0.3, -0.25) is 4.79 Å². The van der Waals surface area contributed by atoms with Crippen LogP contribution in [0.5, 0.6) is 0 Å². The first-order valence-electron chi connectivity index (χ1n) is 4.56. The lowest BCUT2D eigenvalue weighted by molar-refractivity contribution is 0.0827. The van der Waals surface area contributed by atoms with E-state index in [1.54, 1.807) is 37.3 Å². The van der Waals surface area contributed by atoms with Gasteiger partial charge in [-0.15, -0.1) is 0 Å². The summed E-state index contributed by atoms with van der Waals surface area (Å²) in [5.74, 6) is 0.728. The van der Waals surface area contributed by atoms with Crippen LogP contribution >= 0.6 is 0 Å². The van der Waals surface area contributed by atoms with Crippen LogP contribution in [0.4, 0.5) is 5.82 Å². The summed E-state index contributed by atoms with van der Waals surface area (Å²) in [5.41, 5.74) is 0.654. The van der Waals surface area contributed by atoms with Crippen molar-refractivity contribution in [1.29, 1.82) is 0 Å². The van der Waals surface area contributed by atoms with Gasteiger partial charge >= 0.3 is 0 Å². The number of anilines is 1. The lowest BCUT2D eigenvalue weighted by Gasteiger charge is -2.10. The Hall–Kier alpha value is -1.58. The highest BCUT2D eigenvalue weighted by molar-refractivity contribution is 5.94. The fourth-order valence-corrected chi connectivity index (χ4v) is 1.10. The van der Waals surface area contributed by atoms with Crippen LogP contribution < -0.4 is 5.32 Å². The van der Waals surface area contributed by atoms with Gasteiger partial charge in [0.05, 0.1) is 0 Å². The molecule has 1 heterocycles. The molecule has 1 aromatic rings. The molecule has 0 aliphatic heterocycles. The van der Waals surface area contributed by atoms with E-state index in [-0.39, 0.29) is 5.91 Å². The Labute approximate surface area is 83.9 Å². The molecule has 0 fully saturated rings. The molecular weight excluding hydrogens is 178 g/mol. The molecule has 14 heavy (non-hydrogen) atoms. The Morgan fingerprint density at radius 1 is 1.57 bits per heavy atom. The smallest absolute Gasteiger partial charge is 0.253 e. The number of nitrogens with one attached hydrogen (secondary N) is 1. The van der Waals surface area contributed by atoms with E-state index in [9.17, 15) is 4.79 Å². The van der Waals surface area contributed by atoms with Gasteiger partial charge in [0.25, 0.3) is 5.91 Å². The number of amides is 1. The second-order valence-electron chi connectivity index (χ2n) is 3.16. The molecule has 1 aromatic heterocycles.